The summed E-state index contributed by atoms with van der Waals surface area (Å²) in [6.07, 6.45) is 1.07. The van der Waals surface area contributed by atoms with Crippen LogP contribution >= 0.6 is 0 Å². The Labute approximate surface area is 102 Å². The Morgan fingerprint density at radius 1 is 1.47 bits per heavy atom. The van der Waals surface area contributed by atoms with Gasteiger partial charge in [-0.15, -0.1) is 0 Å². The van der Waals surface area contributed by atoms with Crippen molar-refractivity contribution in [1.82, 2.24) is 14.9 Å². The first-order valence-electron chi connectivity index (χ1n) is 5.75. The number of anilines is 1. The van der Waals surface area contributed by atoms with Crippen molar-refractivity contribution in [1.29, 1.82) is 5.26 Å². The molecule has 5 heteroatoms. The fraction of sp³-hybridized carbons (Fsp3) is 0.583. The number of nitrogens with zero attached hydrogens (tertiary/aromatic N) is 5. The highest BCUT2D eigenvalue weighted by Crippen LogP contribution is 2.25. The first-order valence-corrected chi connectivity index (χ1v) is 5.75. The van der Waals surface area contributed by atoms with E-state index in [4.69, 9.17) is 5.26 Å². The van der Waals surface area contributed by atoms with E-state index in [0.717, 1.165) is 31.2 Å². The van der Waals surface area contributed by atoms with Gasteiger partial charge in [0.2, 0.25) is 0 Å². The summed E-state index contributed by atoms with van der Waals surface area (Å²) in [5.74, 6) is 1.96. The number of hydrogen-bond donors (Lipinski definition) is 0. The van der Waals surface area contributed by atoms with Gasteiger partial charge in [0, 0.05) is 32.6 Å². The molecule has 1 saturated heterocycles. The lowest BCUT2D eigenvalue weighted by atomic mass is 10.1. The number of rotatable bonds is 2. The van der Waals surface area contributed by atoms with E-state index in [2.05, 4.69) is 28.0 Å². The molecule has 5 nitrogen and oxygen atoms in total. The Morgan fingerprint density at radius 2 is 2.24 bits per heavy atom. The van der Waals surface area contributed by atoms with E-state index in [1.54, 1.807) is 6.07 Å². The lowest BCUT2D eigenvalue weighted by molar-refractivity contribution is 0.409. The molecule has 0 amide bonds. The van der Waals surface area contributed by atoms with Crippen LogP contribution in [0.25, 0.3) is 0 Å². The molecule has 0 spiro atoms. The minimum Gasteiger partial charge on any atom is -0.363 e. The molecule has 0 N–H and O–H groups in total. The monoisotopic (exact) mass is 231 g/mol. The van der Waals surface area contributed by atoms with Crippen molar-refractivity contribution in [2.45, 2.75) is 12.3 Å². The number of hydrogen-bond acceptors (Lipinski definition) is 5. The van der Waals surface area contributed by atoms with Crippen LogP contribution in [-0.2, 0) is 0 Å². The van der Waals surface area contributed by atoms with Gasteiger partial charge in [-0.25, -0.2) is 9.97 Å². The Balaban J connectivity index is 2.33. The van der Waals surface area contributed by atoms with Gasteiger partial charge < -0.3 is 9.80 Å². The lowest BCUT2D eigenvalue weighted by Crippen LogP contribution is -2.17. The van der Waals surface area contributed by atoms with Crippen molar-refractivity contribution in [2.24, 2.45) is 0 Å². The van der Waals surface area contributed by atoms with Gasteiger partial charge in [0.05, 0.1) is 0 Å². The zero-order chi connectivity index (χ0) is 12.4. The Morgan fingerprint density at radius 3 is 2.76 bits per heavy atom. The van der Waals surface area contributed by atoms with Crippen LogP contribution < -0.4 is 4.90 Å². The lowest BCUT2D eigenvalue weighted by Gasteiger charge is -2.15. The third-order valence-electron chi connectivity index (χ3n) is 3.06. The van der Waals surface area contributed by atoms with E-state index in [9.17, 15) is 0 Å². The molecule has 0 radical (unpaired) electrons. The average Bonchev–Trinajstić information content (AvgIpc) is 2.75. The topological polar surface area (TPSA) is 56.1 Å². The Kier molecular flexibility index (Phi) is 3.25. The van der Waals surface area contributed by atoms with Gasteiger partial charge in [0.15, 0.2) is 0 Å². The predicted molar refractivity (Wildman–Crippen MR) is 65.9 cm³/mol. The molecule has 1 aromatic heterocycles. The molecule has 90 valence electrons. The minimum atomic E-state index is 0.354. The van der Waals surface area contributed by atoms with E-state index in [0.29, 0.717) is 11.6 Å². The second kappa shape index (κ2) is 4.68. The second-order valence-corrected chi connectivity index (χ2v) is 4.72. The van der Waals surface area contributed by atoms with E-state index in [1.807, 2.05) is 19.0 Å². The van der Waals surface area contributed by atoms with Crippen molar-refractivity contribution in [2.75, 3.05) is 39.1 Å². The number of likely N-dealkylation sites (tertiary alicyclic amines) is 1. The van der Waals surface area contributed by atoms with Crippen molar-refractivity contribution < 1.29 is 0 Å². The van der Waals surface area contributed by atoms with E-state index in [1.165, 1.54) is 0 Å². The maximum absolute atomic E-state index is 8.99. The summed E-state index contributed by atoms with van der Waals surface area (Å²) in [4.78, 5) is 13.0. The fourth-order valence-corrected chi connectivity index (χ4v) is 2.07. The van der Waals surface area contributed by atoms with E-state index in [-0.39, 0.29) is 0 Å². The van der Waals surface area contributed by atoms with Crippen LogP contribution in [-0.4, -0.2) is 49.1 Å². The van der Waals surface area contributed by atoms with Crippen molar-refractivity contribution in [3.63, 3.8) is 0 Å². The smallest absolute Gasteiger partial charge is 0.146 e. The summed E-state index contributed by atoms with van der Waals surface area (Å²) in [6.45, 7) is 2.05. The molecule has 2 rings (SSSR count). The van der Waals surface area contributed by atoms with Gasteiger partial charge in [0.1, 0.15) is 23.4 Å². The highest BCUT2D eigenvalue weighted by Gasteiger charge is 2.24. The summed E-state index contributed by atoms with van der Waals surface area (Å²) < 4.78 is 0. The van der Waals surface area contributed by atoms with Crippen LogP contribution in [0.2, 0.25) is 0 Å². The molecule has 17 heavy (non-hydrogen) atoms. The van der Waals surface area contributed by atoms with E-state index >= 15 is 0 Å². The fourth-order valence-electron chi connectivity index (χ4n) is 2.07. The number of aromatic nitrogens is 2. The minimum absolute atomic E-state index is 0.354. The summed E-state index contributed by atoms with van der Waals surface area (Å²) in [6, 6.07) is 3.83. The van der Waals surface area contributed by atoms with Gasteiger partial charge in [-0.05, 0) is 20.0 Å². The first-order chi connectivity index (χ1) is 8.10. The molecule has 0 saturated carbocycles. The molecule has 2 heterocycles. The zero-order valence-electron chi connectivity index (χ0n) is 10.5. The van der Waals surface area contributed by atoms with Crippen molar-refractivity contribution >= 4 is 5.82 Å². The van der Waals surface area contributed by atoms with Crippen LogP contribution in [0, 0.1) is 11.3 Å². The largest absolute Gasteiger partial charge is 0.363 e. The second-order valence-electron chi connectivity index (χ2n) is 4.72. The van der Waals surface area contributed by atoms with Gasteiger partial charge >= 0.3 is 0 Å². The maximum Gasteiger partial charge on any atom is 0.146 e. The van der Waals surface area contributed by atoms with Crippen LogP contribution in [0.1, 0.15) is 23.9 Å². The molecule has 0 aliphatic carbocycles. The molecule has 1 fully saturated rings. The van der Waals surface area contributed by atoms with Crippen molar-refractivity contribution in [3.05, 3.63) is 17.6 Å². The van der Waals surface area contributed by atoms with Crippen LogP contribution in [0.4, 0.5) is 5.82 Å². The standard InChI is InChI=1S/C12H17N5/c1-16(2)11-6-10(7-13)14-12(15-11)9-4-5-17(3)8-9/h6,9H,4-5,8H2,1-3H3. The van der Waals surface area contributed by atoms with E-state index < -0.39 is 0 Å². The number of nitriles is 1. The summed E-state index contributed by atoms with van der Waals surface area (Å²) in [7, 11) is 5.95. The third-order valence-corrected chi connectivity index (χ3v) is 3.06. The van der Waals surface area contributed by atoms with Gasteiger partial charge in [-0.3, -0.25) is 0 Å². The highest BCUT2D eigenvalue weighted by atomic mass is 15.2. The van der Waals surface area contributed by atoms with Gasteiger partial charge in [-0.1, -0.05) is 0 Å². The van der Waals surface area contributed by atoms with Crippen LogP contribution in [0.15, 0.2) is 6.07 Å². The molecule has 1 unspecified atom stereocenters. The first kappa shape index (κ1) is 11.8. The molecule has 0 bridgehead atoms. The van der Waals surface area contributed by atoms with Gasteiger partial charge in [0.25, 0.3) is 0 Å². The zero-order valence-corrected chi connectivity index (χ0v) is 10.5. The van der Waals surface area contributed by atoms with Gasteiger partial charge in [-0.2, -0.15) is 5.26 Å². The quantitative estimate of drug-likeness (QED) is 0.754. The van der Waals surface area contributed by atoms with Crippen LogP contribution in [0.3, 0.4) is 0 Å². The molecular weight excluding hydrogens is 214 g/mol. The van der Waals surface area contributed by atoms with Crippen LogP contribution in [0.5, 0.6) is 0 Å². The maximum atomic E-state index is 8.99. The molecule has 1 aliphatic heterocycles. The molecular formula is C12H17N5. The third kappa shape index (κ3) is 2.53. The summed E-state index contributed by atoms with van der Waals surface area (Å²) in [5.41, 5.74) is 0.452. The SMILES string of the molecule is CN1CCC(c2nc(C#N)cc(N(C)C)n2)C1. The average molecular weight is 231 g/mol. The normalized spacial score (nSPS) is 20.2. The molecule has 1 atom stereocenters. The number of likely N-dealkylation sites (N-methyl/N-ethyl adjacent to an activating group) is 1. The molecule has 1 aliphatic rings. The Hall–Kier alpha value is -1.67. The Bertz CT molecular complexity index is 449. The molecule has 1 aromatic rings. The highest BCUT2D eigenvalue weighted by molar-refractivity contribution is 5.41. The van der Waals surface area contributed by atoms with Crippen molar-refractivity contribution in [3.8, 4) is 6.07 Å². The summed E-state index contributed by atoms with van der Waals surface area (Å²) in [5, 5.41) is 8.99. The predicted octanol–water partition coefficient (Wildman–Crippen LogP) is 0.833. The molecule has 0 aromatic carbocycles. The summed E-state index contributed by atoms with van der Waals surface area (Å²) >= 11 is 0.